The number of benzene rings is 1. The fraction of sp³-hybridized carbons (Fsp3) is 0.222. The van der Waals surface area contributed by atoms with Gasteiger partial charge in [-0.05, 0) is 23.8 Å². The number of thiocarbonyl (C=S) groups is 1. The molecule has 0 amide bonds. The Labute approximate surface area is 81.7 Å². The number of hydrogen-bond donors (Lipinski definition) is 1. The molecule has 0 aliphatic carbocycles. The lowest BCUT2D eigenvalue weighted by atomic mass is 10.0. The van der Waals surface area contributed by atoms with Crippen molar-refractivity contribution in [2.75, 3.05) is 5.32 Å². The zero-order valence-corrected chi connectivity index (χ0v) is 8.17. The van der Waals surface area contributed by atoms with Crippen LogP contribution < -0.4 is 5.32 Å². The van der Waals surface area contributed by atoms with Crippen LogP contribution in [0, 0.1) is 0 Å². The van der Waals surface area contributed by atoms with Crippen LogP contribution >= 0.6 is 23.8 Å². The lowest BCUT2D eigenvalue weighted by Gasteiger charge is -2.01. The molecule has 2 rings (SSSR count). The van der Waals surface area contributed by atoms with Crippen molar-refractivity contribution >= 4 is 34.5 Å². The van der Waals surface area contributed by atoms with Gasteiger partial charge in [-0.15, -0.1) is 0 Å². The Kier molecular flexibility index (Phi) is 1.81. The first kappa shape index (κ1) is 8.02. The molecule has 0 bridgehead atoms. The summed E-state index contributed by atoms with van der Waals surface area (Å²) in [6.45, 7) is 2.08. The molecule has 1 aliphatic rings. The van der Waals surface area contributed by atoms with Crippen molar-refractivity contribution < 1.29 is 0 Å². The van der Waals surface area contributed by atoms with E-state index in [4.69, 9.17) is 23.8 Å². The molecule has 1 unspecified atom stereocenters. The second-order valence-electron chi connectivity index (χ2n) is 2.94. The smallest absolute Gasteiger partial charge is 0.0871 e. The van der Waals surface area contributed by atoms with Gasteiger partial charge < -0.3 is 5.32 Å². The first-order valence-corrected chi connectivity index (χ1v) is 4.57. The van der Waals surface area contributed by atoms with Crippen molar-refractivity contribution in [1.29, 1.82) is 0 Å². The summed E-state index contributed by atoms with van der Waals surface area (Å²) >= 11 is 11.0. The zero-order valence-electron chi connectivity index (χ0n) is 6.60. The maximum absolute atomic E-state index is 5.87. The van der Waals surface area contributed by atoms with Crippen LogP contribution in [0.25, 0.3) is 0 Å². The summed E-state index contributed by atoms with van der Waals surface area (Å²) < 4.78 is 0. The molecule has 0 fully saturated rings. The Morgan fingerprint density at radius 1 is 1.50 bits per heavy atom. The summed E-state index contributed by atoms with van der Waals surface area (Å²) in [5.74, 6) is 0.300. The number of hydrogen-bond acceptors (Lipinski definition) is 1. The Morgan fingerprint density at radius 3 is 3.00 bits per heavy atom. The molecule has 0 saturated carbocycles. The van der Waals surface area contributed by atoms with E-state index in [9.17, 15) is 0 Å². The summed E-state index contributed by atoms with van der Waals surface area (Å²) in [6, 6.07) is 5.80. The Bertz CT molecular complexity index is 348. The largest absolute Gasteiger partial charge is 0.349 e. The summed E-state index contributed by atoms with van der Waals surface area (Å²) in [4.78, 5) is 0.882. The van der Waals surface area contributed by atoms with Gasteiger partial charge in [-0.2, -0.15) is 0 Å². The topological polar surface area (TPSA) is 12.0 Å². The van der Waals surface area contributed by atoms with Crippen LogP contribution in [0.5, 0.6) is 0 Å². The minimum Gasteiger partial charge on any atom is -0.349 e. The number of nitrogens with one attached hydrogen (secondary N) is 1. The predicted molar refractivity (Wildman–Crippen MR) is 56.1 cm³/mol. The van der Waals surface area contributed by atoms with Gasteiger partial charge in [0, 0.05) is 16.6 Å². The van der Waals surface area contributed by atoms with Gasteiger partial charge in [0.05, 0.1) is 4.99 Å². The van der Waals surface area contributed by atoms with E-state index < -0.39 is 0 Å². The van der Waals surface area contributed by atoms with Crippen LogP contribution in [0.15, 0.2) is 18.2 Å². The van der Waals surface area contributed by atoms with Crippen molar-refractivity contribution in [1.82, 2.24) is 0 Å². The molecule has 1 nitrogen and oxygen atoms in total. The quantitative estimate of drug-likeness (QED) is 0.642. The van der Waals surface area contributed by atoms with E-state index in [1.165, 1.54) is 5.56 Å². The lowest BCUT2D eigenvalue weighted by Crippen LogP contribution is -2.05. The lowest BCUT2D eigenvalue weighted by molar-refractivity contribution is 1.07. The van der Waals surface area contributed by atoms with E-state index in [0.29, 0.717) is 5.92 Å². The number of anilines is 1. The highest BCUT2D eigenvalue weighted by atomic mass is 35.5. The van der Waals surface area contributed by atoms with E-state index in [2.05, 4.69) is 12.2 Å². The van der Waals surface area contributed by atoms with Gasteiger partial charge in [-0.1, -0.05) is 30.7 Å². The first-order chi connectivity index (χ1) is 5.68. The molecule has 0 saturated heterocycles. The monoisotopic (exact) mass is 197 g/mol. The summed E-state index contributed by atoms with van der Waals surface area (Å²) in [6.07, 6.45) is 0. The second-order valence-corrected chi connectivity index (χ2v) is 3.82. The van der Waals surface area contributed by atoms with Crippen molar-refractivity contribution in [3.63, 3.8) is 0 Å². The average molecular weight is 198 g/mol. The molecule has 1 aromatic rings. The van der Waals surface area contributed by atoms with Crippen LogP contribution in [0.3, 0.4) is 0 Å². The van der Waals surface area contributed by atoms with Gasteiger partial charge in [0.25, 0.3) is 0 Å². The first-order valence-electron chi connectivity index (χ1n) is 3.79. The summed E-state index contributed by atoms with van der Waals surface area (Å²) in [5, 5.41) is 3.92. The maximum atomic E-state index is 5.87. The molecule has 62 valence electrons. The van der Waals surface area contributed by atoms with Crippen molar-refractivity contribution in [2.24, 2.45) is 0 Å². The number of rotatable bonds is 0. The Balaban J connectivity index is 2.55. The van der Waals surface area contributed by atoms with Crippen LogP contribution in [0.1, 0.15) is 18.4 Å². The number of halogens is 1. The number of fused-ring (bicyclic) bond motifs is 1. The normalized spacial score (nSPS) is 20.5. The van der Waals surface area contributed by atoms with Gasteiger partial charge in [-0.25, -0.2) is 0 Å². The van der Waals surface area contributed by atoms with Crippen molar-refractivity contribution in [2.45, 2.75) is 12.8 Å². The van der Waals surface area contributed by atoms with Crippen LogP contribution in [-0.2, 0) is 0 Å². The van der Waals surface area contributed by atoms with Gasteiger partial charge in [-0.3, -0.25) is 0 Å². The van der Waals surface area contributed by atoms with Crippen molar-refractivity contribution in [3.05, 3.63) is 28.8 Å². The summed E-state index contributed by atoms with van der Waals surface area (Å²) in [7, 11) is 0. The molecule has 1 heterocycles. The van der Waals surface area contributed by atoms with Crippen LogP contribution in [0.2, 0.25) is 5.02 Å². The minimum atomic E-state index is 0.300. The third-order valence-corrected chi connectivity index (χ3v) is 2.82. The highest BCUT2D eigenvalue weighted by Crippen LogP contribution is 2.34. The molecule has 1 aromatic carbocycles. The third-order valence-electron chi connectivity index (χ3n) is 2.13. The van der Waals surface area contributed by atoms with E-state index in [0.717, 1.165) is 15.7 Å². The SMILES string of the molecule is CC1C(=S)Nc2ccc(Cl)cc21. The van der Waals surface area contributed by atoms with Crippen LogP contribution in [-0.4, -0.2) is 4.99 Å². The van der Waals surface area contributed by atoms with E-state index in [1.54, 1.807) is 0 Å². The molecule has 1 atom stereocenters. The molecule has 1 N–H and O–H groups in total. The third kappa shape index (κ3) is 1.11. The van der Waals surface area contributed by atoms with Gasteiger partial charge >= 0.3 is 0 Å². The average Bonchev–Trinajstić information content (AvgIpc) is 2.31. The second kappa shape index (κ2) is 2.71. The van der Waals surface area contributed by atoms with E-state index in [-0.39, 0.29) is 0 Å². The maximum Gasteiger partial charge on any atom is 0.0871 e. The fourth-order valence-electron chi connectivity index (χ4n) is 1.39. The van der Waals surface area contributed by atoms with Gasteiger partial charge in [0.15, 0.2) is 0 Å². The van der Waals surface area contributed by atoms with Crippen LogP contribution in [0.4, 0.5) is 5.69 Å². The molecule has 0 aromatic heterocycles. The fourth-order valence-corrected chi connectivity index (χ4v) is 1.81. The predicted octanol–water partition coefficient (Wildman–Crippen LogP) is 3.20. The molecule has 0 spiro atoms. The highest BCUT2D eigenvalue weighted by Gasteiger charge is 2.22. The minimum absolute atomic E-state index is 0.300. The molecule has 1 aliphatic heterocycles. The molecule has 12 heavy (non-hydrogen) atoms. The Hall–Kier alpha value is -0.600. The zero-order chi connectivity index (χ0) is 8.72. The molecule has 0 radical (unpaired) electrons. The highest BCUT2D eigenvalue weighted by molar-refractivity contribution is 7.80. The van der Waals surface area contributed by atoms with E-state index >= 15 is 0 Å². The van der Waals surface area contributed by atoms with E-state index in [1.807, 2.05) is 18.2 Å². The van der Waals surface area contributed by atoms with Crippen molar-refractivity contribution in [3.8, 4) is 0 Å². The standard InChI is InChI=1S/C9H8ClNS/c1-5-7-4-6(10)2-3-8(7)11-9(5)12/h2-5H,1H3,(H,11,12). The summed E-state index contributed by atoms with van der Waals surface area (Å²) in [5.41, 5.74) is 2.30. The Morgan fingerprint density at radius 2 is 2.25 bits per heavy atom. The van der Waals surface area contributed by atoms with Gasteiger partial charge in [0.2, 0.25) is 0 Å². The molecular weight excluding hydrogens is 190 g/mol. The molecular formula is C9H8ClNS. The van der Waals surface area contributed by atoms with Gasteiger partial charge in [0.1, 0.15) is 0 Å². The molecule has 3 heteroatoms.